The molecule has 1 N–H and O–H groups in total. The number of nitrogens with one attached hydrogen (secondary N) is 1. The molecule has 0 saturated carbocycles. The third-order valence-corrected chi connectivity index (χ3v) is 4.89. The van der Waals surface area contributed by atoms with Crippen LogP contribution in [0.3, 0.4) is 0 Å². The minimum absolute atomic E-state index is 0.0740. The summed E-state index contributed by atoms with van der Waals surface area (Å²) >= 11 is 5.87. The molecule has 1 aromatic carbocycles. The normalized spacial score (nSPS) is 13.8. The monoisotopic (exact) mass is 475 g/mol. The van der Waals surface area contributed by atoms with Gasteiger partial charge in [-0.05, 0) is 31.2 Å². The number of hydrogen-bond donors (Lipinski definition) is 1. The molecular formula is C20H15ClF5N3O3. The van der Waals surface area contributed by atoms with Crippen LogP contribution in [0, 0.1) is 11.6 Å². The van der Waals surface area contributed by atoms with Crippen LogP contribution in [0.1, 0.15) is 17.3 Å². The molecule has 0 bridgehead atoms. The number of amides is 1. The molecule has 1 unspecified atom stereocenters. The van der Waals surface area contributed by atoms with E-state index in [1.807, 2.05) is 0 Å². The van der Waals surface area contributed by atoms with Crippen LogP contribution < -0.4 is 10.7 Å². The van der Waals surface area contributed by atoms with E-state index in [0.29, 0.717) is 13.0 Å². The molecule has 170 valence electrons. The van der Waals surface area contributed by atoms with Crippen molar-refractivity contribution in [2.24, 2.45) is 0 Å². The first kappa shape index (κ1) is 23.6. The molecule has 1 amide bonds. The molecule has 32 heavy (non-hydrogen) atoms. The van der Waals surface area contributed by atoms with Gasteiger partial charge in [0.05, 0.1) is 17.7 Å². The summed E-state index contributed by atoms with van der Waals surface area (Å²) in [6.07, 6.45) is -4.09. The molecule has 0 spiro atoms. The highest BCUT2D eigenvalue weighted by Crippen LogP contribution is 2.31. The first-order valence-electron chi connectivity index (χ1n) is 8.93. The summed E-state index contributed by atoms with van der Waals surface area (Å²) in [7, 11) is 1.02. The van der Waals surface area contributed by atoms with Gasteiger partial charge in [0.2, 0.25) is 5.43 Å². The van der Waals surface area contributed by atoms with Crippen molar-refractivity contribution in [3.8, 4) is 5.69 Å². The second-order valence-corrected chi connectivity index (χ2v) is 7.45. The van der Waals surface area contributed by atoms with Gasteiger partial charge in [0.25, 0.3) is 5.91 Å². The summed E-state index contributed by atoms with van der Waals surface area (Å²) in [4.78, 5) is 29.6. The average molecular weight is 476 g/mol. The van der Waals surface area contributed by atoms with E-state index in [1.54, 1.807) is 5.32 Å². The minimum Gasteiger partial charge on any atom is -0.382 e. The van der Waals surface area contributed by atoms with E-state index in [4.69, 9.17) is 11.6 Å². The molecule has 0 aliphatic heterocycles. The number of ether oxygens (including phenoxy) is 1. The number of hydrogen-bond acceptors (Lipinski definition) is 4. The lowest BCUT2D eigenvalue weighted by atomic mass is 10.0. The smallest absolute Gasteiger partial charge is 0.382 e. The van der Waals surface area contributed by atoms with E-state index in [1.165, 1.54) is 12.1 Å². The average Bonchev–Trinajstić information content (AvgIpc) is 2.68. The van der Waals surface area contributed by atoms with Crippen LogP contribution in [0.2, 0.25) is 5.15 Å². The Balaban J connectivity index is 2.25. The minimum atomic E-state index is -4.91. The second-order valence-electron chi connectivity index (χ2n) is 7.06. The van der Waals surface area contributed by atoms with Crippen molar-refractivity contribution >= 4 is 28.5 Å². The molecule has 2 heterocycles. The van der Waals surface area contributed by atoms with Gasteiger partial charge in [-0.25, -0.2) is 13.8 Å². The van der Waals surface area contributed by atoms with Gasteiger partial charge in [-0.2, -0.15) is 13.2 Å². The molecule has 2 aromatic heterocycles. The Hall–Kier alpha value is -3.05. The number of pyridine rings is 2. The van der Waals surface area contributed by atoms with Gasteiger partial charge in [-0.15, -0.1) is 0 Å². The van der Waals surface area contributed by atoms with E-state index in [-0.39, 0.29) is 21.9 Å². The lowest BCUT2D eigenvalue weighted by molar-refractivity contribution is -0.200. The third-order valence-electron chi connectivity index (χ3n) is 4.68. The van der Waals surface area contributed by atoms with Crippen molar-refractivity contribution in [1.29, 1.82) is 0 Å². The summed E-state index contributed by atoms with van der Waals surface area (Å²) < 4.78 is 73.9. The number of nitrogens with zero attached hydrogens (tertiary/aromatic N) is 2. The van der Waals surface area contributed by atoms with Gasteiger partial charge < -0.3 is 10.1 Å². The van der Waals surface area contributed by atoms with E-state index in [9.17, 15) is 31.5 Å². The number of halogens is 6. The van der Waals surface area contributed by atoms with Crippen LogP contribution in [0.5, 0.6) is 0 Å². The molecule has 0 fully saturated rings. The molecule has 6 nitrogen and oxygen atoms in total. The molecule has 12 heteroatoms. The number of carbonyl (C=O) groups excluding carboxylic acids is 1. The highest BCUT2D eigenvalue weighted by Gasteiger charge is 2.52. The lowest BCUT2D eigenvalue weighted by Crippen LogP contribution is -2.60. The van der Waals surface area contributed by atoms with Crippen molar-refractivity contribution in [1.82, 2.24) is 14.9 Å². The van der Waals surface area contributed by atoms with Crippen molar-refractivity contribution in [2.75, 3.05) is 13.7 Å². The molecule has 0 aliphatic carbocycles. The molecule has 1 atom stereocenters. The number of methoxy groups -OCH3 is 1. The zero-order chi connectivity index (χ0) is 23.8. The van der Waals surface area contributed by atoms with E-state index in [0.717, 1.165) is 30.0 Å². The van der Waals surface area contributed by atoms with Crippen molar-refractivity contribution in [3.63, 3.8) is 0 Å². The Morgan fingerprint density at radius 3 is 2.50 bits per heavy atom. The highest BCUT2D eigenvalue weighted by molar-refractivity contribution is 6.29. The number of carbonyl (C=O) groups is 1. The Kier molecular flexibility index (Phi) is 6.25. The molecule has 3 rings (SSSR count). The summed E-state index contributed by atoms with van der Waals surface area (Å²) in [5.41, 5.74) is -4.99. The molecule has 3 aromatic rings. The van der Waals surface area contributed by atoms with Crippen molar-refractivity contribution in [3.05, 3.63) is 69.1 Å². The third kappa shape index (κ3) is 4.30. The van der Waals surface area contributed by atoms with Crippen LogP contribution in [0.15, 0.2) is 41.3 Å². The van der Waals surface area contributed by atoms with Crippen LogP contribution in [0.25, 0.3) is 16.7 Å². The van der Waals surface area contributed by atoms with Crippen LogP contribution in [-0.2, 0) is 4.74 Å². The van der Waals surface area contributed by atoms with E-state index < -0.39 is 46.9 Å². The van der Waals surface area contributed by atoms with Crippen LogP contribution >= 0.6 is 11.6 Å². The predicted octanol–water partition coefficient (Wildman–Crippen LogP) is 4.01. The summed E-state index contributed by atoms with van der Waals surface area (Å²) in [5, 5.41) is 1.48. The number of rotatable bonds is 5. The summed E-state index contributed by atoms with van der Waals surface area (Å²) in [6, 6.07) is 4.92. The van der Waals surface area contributed by atoms with Gasteiger partial charge in [-0.1, -0.05) is 11.6 Å². The number of fused-ring (bicyclic) bond motifs is 1. The number of benzene rings is 1. The van der Waals surface area contributed by atoms with E-state index >= 15 is 0 Å². The standard InChI is InChI=1S/C20H15ClF5N3O3/c1-19(9-32-2,20(24,25)26)28-18(31)12-8-29(14-5-3-10(22)7-13(14)23)17-11(16(12)30)4-6-15(21)27-17/h3-8H,9H2,1-2H3,(H,28,31). The van der Waals surface area contributed by atoms with Gasteiger partial charge >= 0.3 is 6.18 Å². The first-order chi connectivity index (χ1) is 14.9. The Morgan fingerprint density at radius 1 is 1.22 bits per heavy atom. The van der Waals surface area contributed by atoms with Crippen molar-refractivity contribution in [2.45, 2.75) is 18.6 Å². The maximum Gasteiger partial charge on any atom is 0.413 e. The van der Waals surface area contributed by atoms with Crippen molar-refractivity contribution < 1.29 is 31.5 Å². The molecule has 0 aliphatic rings. The quantitative estimate of drug-likeness (QED) is 0.447. The predicted molar refractivity (Wildman–Crippen MR) is 106 cm³/mol. The maximum atomic E-state index is 14.5. The Morgan fingerprint density at radius 2 is 1.91 bits per heavy atom. The van der Waals surface area contributed by atoms with Gasteiger partial charge in [0.1, 0.15) is 28.0 Å². The van der Waals surface area contributed by atoms with E-state index in [2.05, 4.69) is 9.72 Å². The molecule has 0 radical (unpaired) electrons. The fraction of sp³-hybridized carbons (Fsp3) is 0.250. The topological polar surface area (TPSA) is 73.2 Å². The summed E-state index contributed by atoms with van der Waals surface area (Å²) in [5.74, 6) is -3.33. The Bertz CT molecular complexity index is 1260. The fourth-order valence-corrected chi connectivity index (χ4v) is 3.14. The number of alkyl halides is 3. The summed E-state index contributed by atoms with van der Waals surface area (Å²) in [6.45, 7) is -0.233. The van der Waals surface area contributed by atoms with Gasteiger partial charge in [0, 0.05) is 19.4 Å². The fourth-order valence-electron chi connectivity index (χ4n) is 3.00. The van der Waals surface area contributed by atoms with Crippen LogP contribution in [-0.4, -0.2) is 40.9 Å². The SMILES string of the molecule is COCC(C)(NC(=O)c1cn(-c2ccc(F)cc2F)c2nc(Cl)ccc2c1=O)C(F)(F)F. The second kappa shape index (κ2) is 8.47. The van der Waals surface area contributed by atoms with Gasteiger partial charge in [0.15, 0.2) is 5.54 Å². The largest absolute Gasteiger partial charge is 0.413 e. The Labute approximate surface area is 182 Å². The lowest BCUT2D eigenvalue weighted by Gasteiger charge is -2.32. The first-order valence-corrected chi connectivity index (χ1v) is 9.31. The van der Waals surface area contributed by atoms with Gasteiger partial charge in [-0.3, -0.25) is 14.2 Å². The number of aromatic nitrogens is 2. The zero-order valence-electron chi connectivity index (χ0n) is 16.6. The molecular weight excluding hydrogens is 461 g/mol. The van der Waals surface area contributed by atoms with Crippen LogP contribution in [0.4, 0.5) is 22.0 Å². The highest BCUT2D eigenvalue weighted by atomic mass is 35.5. The maximum absolute atomic E-state index is 14.5. The molecule has 0 saturated heterocycles. The zero-order valence-corrected chi connectivity index (χ0v) is 17.3.